The number of hydrazine groups is 1. The first-order valence-electron chi connectivity index (χ1n) is 15.5. The maximum atomic E-state index is 14.2. The molecule has 2 aliphatic rings. The van der Waals surface area contributed by atoms with Gasteiger partial charge in [0.1, 0.15) is 23.3 Å². The van der Waals surface area contributed by atoms with Crippen LogP contribution in [-0.4, -0.2) is 69.9 Å². The maximum absolute atomic E-state index is 14.2. The second kappa shape index (κ2) is 14.0. The number of aromatic nitrogens is 2. The molecule has 0 saturated heterocycles. The van der Waals surface area contributed by atoms with Gasteiger partial charge in [-0.3, -0.25) is 24.2 Å². The summed E-state index contributed by atoms with van der Waals surface area (Å²) in [7, 11) is 0.754. The van der Waals surface area contributed by atoms with Crippen molar-refractivity contribution in [2.75, 3.05) is 24.9 Å². The van der Waals surface area contributed by atoms with Gasteiger partial charge in [0.15, 0.2) is 18.2 Å². The molecule has 0 atom stereocenters. The van der Waals surface area contributed by atoms with Crippen molar-refractivity contribution in [1.82, 2.24) is 20.1 Å². The smallest absolute Gasteiger partial charge is 0.459 e. The molecule has 21 heteroatoms. The van der Waals surface area contributed by atoms with Crippen molar-refractivity contribution < 1.29 is 63.7 Å². The summed E-state index contributed by atoms with van der Waals surface area (Å²) in [5.74, 6) is -8.68. The summed E-state index contributed by atoms with van der Waals surface area (Å²) in [6.45, 7) is 6.36. The Hall–Kier alpha value is -4.64. The summed E-state index contributed by atoms with van der Waals surface area (Å²) in [4.78, 5) is 39.8. The number of alkyl halides is 8. The molecular weight excluding hydrogens is 752 g/mol. The fourth-order valence-electron chi connectivity index (χ4n) is 4.98. The number of ether oxygens (including phenoxy) is 3. The van der Waals surface area contributed by atoms with E-state index in [1.807, 2.05) is 6.07 Å². The van der Waals surface area contributed by atoms with Crippen LogP contribution in [0.2, 0.25) is 5.02 Å². The molecular formula is C32H33ClF8N6O6. The molecule has 1 aromatic carbocycles. The van der Waals surface area contributed by atoms with Gasteiger partial charge < -0.3 is 14.2 Å². The van der Waals surface area contributed by atoms with Crippen LogP contribution >= 0.6 is 11.6 Å². The highest BCUT2D eigenvalue weighted by atomic mass is 35.5. The van der Waals surface area contributed by atoms with Crippen LogP contribution in [0.25, 0.3) is 5.57 Å². The zero-order chi connectivity index (χ0) is 40.1. The van der Waals surface area contributed by atoms with E-state index in [9.17, 15) is 54.8 Å². The van der Waals surface area contributed by atoms with Crippen LogP contribution in [0, 0.1) is 16.7 Å². The SMILES string of the molecule is Cn1nc(C(F)(F)C(F)(F)F)c(C(F)(F)F)c1N1C=C(c2ccc(Cl)c(C(=O)N(COC(=O)OCC(C)(C)C(=O)OC(C)(C)C)C3(C#N)CC3)c2)CN1. The number of nitrogens with one attached hydrogen (secondary N) is 1. The summed E-state index contributed by atoms with van der Waals surface area (Å²) in [5.41, 5.74) is -5.85. The van der Waals surface area contributed by atoms with E-state index in [0.717, 1.165) is 18.1 Å². The third-order valence-corrected chi connectivity index (χ3v) is 8.31. The third-order valence-electron chi connectivity index (χ3n) is 7.98. The average Bonchev–Trinajstić information content (AvgIpc) is 3.49. The Labute approximate surface area is 302 Å². The number of carbonyl (C=O) groups excluding carboxylic acids is 3. The molecule has 12 nitrogen and oxygen atoms in total. The molecule has 1 N–H and O–H groups in total. The number of benzene rings is 1. The monoisotopic (exact) mass is 784 g/mol. The van der Waals surface area contributed by atoms with E-state index < -0.39 is 83.3 Å². The van der Waals surface area contributed by atoms with Crippen molar-refractivity contribution in [3.05, 3.63) is 51.8 Å². The van der Waals surface area contributed by atoms with E-state index in [0.29, 0.717) is 5.01 Å². The molecule has 290 valence electrons. The zero-order valence-corrected chi connectivity index (χ0v) is 29.7. The summed E-state index contributed by atoms with van der Waals surface area (Å²) >= 11 is 6.34. The Morgan fingerprint density at radius 1 is 1.04 bits per heavy atom. The molecule has 1 saturated carbocycles. The lowest BCUT2D eigenvalue weighted by Gasteiger charge is -2.29. The lowest BCUT2D eigenvalue weighted by molar-refractivity contribution is -0.292. The van der Waals surface area contributed by atoms with Gasteiger partial charge in [-0.1, -0.05) is 17.7 Å². The second-order valence-electron chi connectivity index (χ2n) is 13.9. The molecule has 2 aromatic rings. The predicted octanol–water partition coefficient (Wildman–Crippen LogP) is 7.09. The van der Waals surface area contributed by atoms with E-state index in [1.54, 1.807) is 20.8 Å². The molecule has 0 bridgehead atoms. The quantitative estimate of drug-likeness (QED) is 0.151. The van der Waals surface area contributed by atoms with E-state index in [2.05, 4.69) is 10.5 Å². The number of nitrogens with zero attached hydrogens (tertiary/aromatic N) is 5. The minimum Gasteiger partial charge on any atom is -0.459 e. The number of nitriles is 1. The third kappa shape index (κ3) is 8.61. The molecule has 2 heterocycles. The minimum atomic E-state index is -6.38. The number of aryl methyl sites for hydroxylation is 1. The van der Waals surface area contributed by atoms with Gasteiger partial charge in [0.2, 0.25) is 0 Å². The van der Waals surface area contributed by atoms with Gasteiger partial charge in [0.25, 0.3) is 5.91 Å². The van der Waals surface area contributed by atoms with Gasteiger partial charge in [-0.15, -0.1) is 0 Å². The Morgan fingerprint density at radius 3 is 2.19 bits per heavy atom. The molecule has 0 radical (unpaired) electrons. The average molecular weight is 785 g/mol. The lowest BCUT2D eigenvalue weighted by atomic mass is 9.95. The van der Waals surface area contributed by atoms with Crippen molar-refractivity contribution >= 4 is 41.0 Å². The van der Waals surface area contributed by atoms with Gasteiger partial charge in [-0.2, -0.15) is 45.5 Å². The molecule has 1 fully saturated rings. The largest absolute Gasteiger partial charge is 0.510 e. The van der Waals surface area contributed by atoms with Crippen LogP contribution in [0.4, 0.5) is 45.7 Å². The number of carbonyl (C=O) groups is 3. The molecule has 1 aliphatic carbocycles. The van der Waals surface area contributed by atoms with Crippen LogP contribution < -0.4 is 10.4 Å². The highest BCUT2D eigenvalue weighted by Crippen LogP contribution is 2.50. The summed E-state index contributed by atoms with van der Waals surface area (Å²) in [6.07, 6.45) is -12.0. The summed E-state index contributed by atoms with van der Waals surface area (Å²) in [5, 5.41) is 13.2. The van der Waals surface area contributed by atoms with E-state index in [4.69, 9.17) is 25.8 Å². The fourth-order valence-corrected chi connectivity index (χ4v) is 5.18. The van der Waals surface area contributed by atoms with E-state index in [1.165, 1.54) is 32.0 Å². The number of halogens is 9. The number of anilines is 1. The molecule has 1 amide bonds. The van der Waals surface area contributed by atoms with E-state index in [-0.39, 0.29) is 45.8 Å². The molecule has 1 aliphatic heterocycles. The Bertz CT molecular complexity index is 1860. The summed E-state index contributed by atoms with van der Waals surface area (Å²) in [6, 6.07) is 5.81. The van der Waals surface area contributed by atoms with Crippen molar-refractivity contribution in [2.45, 2.75) is 76.9 Å². The first kappa shape index (κ1) is 41.1. The maximum Gasteiger partial charge on any atom is 0.510 e. The molecule has 0 unspecified atom stereocenters. The van der Waals surface area contributed by atoms with Crippen LogP contribution in [-0.2, 0) is 38.2 Å². The number of hydrogen-bond donors (Lipinski definition) is 1. The van der Waals surface area contributed by atoms with Crippen molar-refractivity contribution in [3.8, 4) is 6.07 Å². The number of rotatable bonds is 10. The zero-order valence-electron chi connectivity index (χ0n) is 28.9. The molecule has 53 heavy (non-hydrogen) atoms. The van der Waals surface area contributed by atoms with Crippen molar-refractivity contribution in [1.29, 1.82) is 5.26 Å². The standard InChI is InChI=1S/C32H33ClF8N6O6/c1-27(2,3)53-25(49)28(4,5)15-51-26(50)52-16-46(29(14-42)9-10-29)24(48)19-11-17(7-8-20(19)33)18-12-43-47(13-18)23-21(31(36,37)38)22(44-45(23)6)30(34,35)32(39,40)41/h7-8,11,13,43H,9-10,12,15-16H2,1-6H3. The fraction of sp³-hybridized carbons (Fsp3) is 0.531. The first-order valence-corrected chi connectivity index (χ1v) is 15.9. The number of amides is 1. The van der Waals surface area contributed by atoms with Crippen LogP contribution in [0.1, 0.15) is 74.6 Å². The number of esters is 1. The normalized spacial score (nSPS) is 16.1. The van der Waals surface area contributed by atoms with Gasteiger partial charge in [0.05, 0.1) is 22.1 Å². The van der Waals surface area contributed by atoms with Crippen LogP contribution in [0.15, 0.2) is 24.4 Å². The molecule has 0 spiro atoms. The van der Waals surface area contributed by atoms with Gasteiger partial charge in [-0.05, 0) is 70.7 Å². The predicted molar refractivity (Wildman–Crippen MR) is 169 cm³/mol. The second-order valence-corrected chi connectivity index (χ2v) is 14.3. The lowest BCUT2D eigenvalue weighted by Crippen LogP contribution is -2.44. The Balaban J connectivity index is 1.59. The van der Waals surface area contributed by atoms with Gasteiger partial charge in [-0.25, -0.2) is 10.2 Å². The highest BCUT2D eigenvalue weighted by molar-refractivity contribution is 6.34. The topological polar surface area (TPSA) is 139 Å². The molecule has 1 aromatic heterocycles. The molecule has 4 rings (SSSR count). The Kier molecular flexibility index (Phi) is 10.8. The van der Waals surface area contributed by atoms with Crippen LogP contribution in [0.5, 0.6) is 0 Å². The van der Waals surface area contributed by atoms with Gasteiger partial charge >= 0.3 is 30.4 Å². The van der Waals surface area contributed by atoms with Crippen LogP contribution in [0.3, 0.4) is 0 Å². The highest BCUT2D eigenvalue weighted by Gasteiger charge is 2.64. The van der Waals surface area contributed by atoms with Crippen molar-refractivity contribution in [2.24, 2.45) is 12.5 Å². The van der Waals surface area contributed by atoms with Crippen molar-refractivity contribution in [3.63, 3.8) is 0 Å². The van der Waals surface area contributed by atoms with E-state index >= 15 is 0 Å². The minimum absolute atomic E-state index is 0.134. The first-order chi connectivity index (χ1) is 24.1. The summed E-state index contributed by atoms with van der Waals surface area (Å²) < 4.78 is 126. The Morgan fingerprint density at radius 2 is 1.66 bits per heavy atom. The number of hydrogen-bond acceptors (Lipinski definition) is 10. The van der Waals surface area contributed by atoms with Gasteiger partial charge in [0, 0.05) is 19.8 Å².